The number of carbonyl (C=O) groups is 1. The molecule has 2 amide bonds. The maximum absolute atomic E-state index is 12.2. The summed E-state index contributed by atoms with van der Waals surface area (Å²) in [6, 6.07) is -0.180. The number of anilines is 1. The van der Waals surface area contributed by atoms with Crippen molar-refractivity contribution in [2.75, 3.05) is 12.4 Å². The molecule has 122 valence electrons. The van der Waals surface area contributed by atoms with Gasteiger partial charge in [-0.3, -0.25) is 15.3 Å². The van der Waals surface area contributed by atoms with Gasteiger partial charge in [-0.2, -0.15) is 0 Å². The smallest absolute Gasteiger partial charge is 0.322 e. The third-order valence-electron chi connectivity index (χ3n) is 4.11. The average Bonchev–Trinajstić information content (AvgIpc) is 3.05. The molecule has 1 saturated carbocycles. The van der Waals surface area contributed by atoms with Crippen LogP contribution in [0.1, 0.15) is 48.6 Å². The third-order valence-corrected chi connectivity index (χ3v) is 5.18. The Hall–Kier alpha value is -2.02. The minimum Gasteiger partial charge on any atom is -0.322 e. The van der Waals surface area contributed by atoms with E-state index in [1.165, 1.54) is 37.0 Å². The molecule has 1 N–H and O–H groups in total. The van der Waals surface area contributed by atoms with Gasteiger partial charge in [-0.25, -0.2) is 9.78 Å². The van der Waals surface area contributed by atoms with Crippen LogP contribution in [0.4, 0.5) is 9.93 Å². The number of carbonyl (C=O) groups excluding carboxylic acids is 1. The number of nitrogens with zero attached hydrogens (tertiary/aromatic N) is 4. The lowest BCUT2D eigenvalue weighted by Gasteiger charge is -2.19. The van der Waals surface area contributed by atoms with Crippen molar-refractivity contribution in [3.8, 4) is 0 Å². The fourth-order valence-electron chi connectivity index (χ4n) is 2.83. The number of aromatic nitrogens is 3. The molecule has 3 rings (SSSR count). The second-order valence-electron chi connectivity index (χ2n) is 5.89. The van der Waals surface area contributed by atoms with E-state index in [-0.39, 0.29) is 6.03 Å². The van der Waals surface area contributed by atoms with Crippen LogP contribution >= 0.6 is 11.3 Å². The number of hydrogen-bond acceptors (Lipinski definition) is 5. The van der Waals surface area contributed by atoms with Gasteiger partial charge in [0, 0.05) is 30.5 Å². The summed E-state index contributed by atoms with van der Waals surface area (Å²) in [7, 11) is 1.74. The van der Waals surface area contributed by atoms with E-state index in [0.717, 1.165) is 5.69 Å². The molecule has 2 aromatic rings. The Morgan fingerprint density at radius 2 is 2.09 bits per heavy atom. The van der Waals surface area contributed by atoms with Crippen molar-refractivity contribution < 1.29 is 4.79 Å². The maximum Gasteiger partial charge on any atom is 0.323 e. The zero-order valence-electron chi connectivity index (χ0n) is 13.2. The first-order valence-corrected chi connectivity index (χ1v) is 8.77. The summed E-state index contributed by atoms with van der Waals surface area (Å²) in [6.45, 7) is 0.417. The van der Waals surface area contributed by atoms with Crippen molar-refractivity contribution in [2.45, 2.75) is 44.6 Å². The Labute approximate surface area is 140 Å². The van der Waals surface area contributed by atoms with E-state index < -0.39 is 0 Å². The van der Waals surface area contributed by atoms with Crippen LogP contribution in [-0.2, 0) is 6.54 Å². The molecule has 2 heterocycles. The van der Waals surface area contributed by atoms with E-state index in [4.69, 9.17) is 0 Å². The normalized spacial score (nSPS) is 15.3. The van der Waals surface area contributed by atoms with E-state index in [9.17, 15) is 4.79 Å². The van der Waals surface area contributed by atoms with Crippen molar-refractivity contribution in [3.05, 3.63) is 35.4 Å². The van der Waals surface area contributed by atoms with Gasteiger partial charge >= 0.3 is 6.03 Å². The summed E-state index contributed by atoms with van der Waals surface area (Å²) in [6.07, 6.45) is 13.2. The lowest BCUT2D eigenvalue weighted by molar-refractivity contribution is 0.220. The molecule has 6 nitrogen and oxygen atoms in total. The minimum atomic E-state index is -0.180. The number of nitrogens with one attached hydrogen (secondary N) is 1. The van der Waals surface area contributed by atoms with Crippen molar-refractivity contribution in [1.82, 2.24) is 19.9 Å². The largest absolute Gasteiger partial charge is 0.323 e. The SMILES string of the molecule is CN(Cc1cnccn1)C(=O)Nc1ncc(C2CCCCC2)s1. The second kappa shape index (κ2) is 7.50. The Morgan fingerprint density at radius 1 is 1.26 bits per heavy atom. The van der Waals surface area contributed by atoms with Crippen LogP contribution in [0.15, 0.2) is 24.8 Å². The molecule has 0 spiro atoms. The number of rotatable bonds is 4. The highest BCUT2D eigenvalue weighted by Gasteiger charge is 2.19. The summed E-state index contributed by atoms with van der Waals surface area (Å²) < 4.78 is 0. The predicted octanol–water partition coefficient (Wildman–Crippen LogP) is 3.64. The number of urea groups is 1. The molecule has 7 heteroatoms. The van der Waals surface area contributed by atoms with Crippen molar-refractivity contribution in [1.29, 1.82) is 0 Å². The van der Waals surface area contributed by atoms with E-state index in [2.05, 4.69) is 20.3 Å². The molecule has 0 unspecified atom stereocenters. The Morgan fingerprint density at radius 3 is 2.83 bits per heavy atom. The Kier molecular flexibility index (Phi) is 5.17. The zero-order valence-corrected chi connectivity index (χ0v) is 14.1. The van der Waals surface area contributed by atoms with Crippen LogP contribution in [-0.4, -0.2) is 32.9 Å². The monoisotopic (exact) mass is 331 g/mol. The van der Waals surface area contributed by atoms with Gasteiger partial charge in [0.15, 0.2) is 5.13 Å². The van der Waals surface area contributed by atoms with E-state index >= 15 is 0 Å². The van der Waals surface area contributed by atoms with Crippen LogP contribution < -0.4 is 5.32 Å². The zero-order chi connectivity index (χ0) is 16.1. The van der Waals surface area contributed by atoms with Crippen LogP contribution in [0.2, 0.25) is 0 Å². The van der Waals surface area contributed by atoms with Crippen molar-refractivity contribution in [3.63, 3.8) is 0 Å². The van der Waals surface area contributed by atoms with Crippen molar-refractivity contribution in [2.24, 2.45) is 0 Å². The topological polar surface area (TPSA) is 71.0 Å². The molecule has 1 aliphatic carbocycles. The predicted molar refractivity (Wildman–Crippen MR) is 90.5 cm³/mol. The van der Waals surface area contributed by atoms with Gasteiger partial charge in [-0.15, -0.1) is 11.3 Å². The summed E-state index contributed by atoms with van der Waals surface area (Å²) in [5, 5.41) is 3.54. The quantitative estimate of drug-likeness (QED) is 0.928. The number of thiazole rings is 1. The van der Waals surface area contributed by atoms with Gasteiger partial charge in [0.05, 0.1) is 18.4 Å². The van der Waals surface area contributed by atoms with Gasteiger partial charge in [0.1, 0.15) is 0 Å². The highest BCUT2D eigenvalue weighted by molar-refractivity contribution is 7.15. The molecule has 0 radical (unpaired) electrons. The van der Waals surface area contributed by atoms with Gasteiger partial charge in [-0.1, -0.05) is 19.3 Å². The molecular weight excluding hydrogens is 310 g/mol. The lowest BCUT2D eigenvalue weighted by Crippen LogP contribution is -2.31. The van der Waals surface area contributed by atoms with E-state index in [0.29, 0.717) is 17.6 Å². The molecule has 0 atom stereocenters. The van der Waals surface area contributed by atoms with Gasteiger partial charge in [-0.05, 0) is 18.8 Å². The first kappa shape index (κ1) is 15.9. The van der Waals surface area contributed by atoms with Gasteiger partial charge in [0.25, 0.3) is 0 Å². The average molecular weight is 331 g/mol. The fourth-order valence-corrected chi connectivity index (χ4v) is 3.81. The van der Waals surface area contributed by atoms with Gasteiger partial charge in [0.2, 0.25) is 0 Å². The molecule has 0 aromatic carbocycles. The summed E-state index contributed by atoms with van der Waals surface area (Å²) in [4.78, 5) is 27.6. The maximum atomic E-state index is 12.2. The lowest BCUT2D eigenvalue weighted by atomic mass is 9.89. The standard InChI is InChI=1S/C16H21N5OS/c1-21(11-13-9-17-7-8-18-13)16(22)20-15-19-10-14(23-15)12-5-3-2-4-6-12/h7-10,12H,2-6,11H2,1H3,(H,19,20,22). The first-order chi connectivity index (χ1) is 11.2. The van der Waals surface area contributed by atoms with Crippen LogP contribution in [0, 0.1) is 0 Å². The van der Waals surface area contributed by atoms with E-state index in [1.807, 2.05) is 6.20 Å². The molecule has 1 aliphatic rings. The Balaban J connectivity index is 1.56. The Bertz CT molecular complexity index is 639. The van der Waals surface area contributed by atoms with E-state index in [1.54, 1.807) is 41.9 Å². The summed E-state index contributed by atoms with van der Waals surface area (Å²) in [5.74, 6) is 0.615. The molecule has 0 bridgehead atoms. The van der Waals surface area contributed by atoms with Crippen LogP contribution in [0.3, 0.4) is 0 Å². The molecule has 2 aromatic heterocycles. The molecule has 23 heavy (non-hydrogen) atoms. The molecule has 1 fully saturated rings. The highest BCUT2D eigenvalue weighted by Crippen LogP contribution is 2.36. The summed E-state index contributed by atoms with van der Waals surface area (Å²) >= 11 is 1.59. The first-order valence-electron chi connectivity index (χ1n) is 7.95. The van der Waals surface area contributed by atoms with Crippen LogP contribution in [0.5, 0.6) is 0 Å². The summed E-state index contributed by atoms with van der Waals surface area (Å²) in [5.41, 5.74) is 0.757. The highest BCUT2D eigenvalue weighted by atomic mass is 32.1. The van der Waals surface area contributed by atoms with Crippen molar-refractivity contribution >= 4 is 22.5 Å². The second-order valence-corrected chi connectivity index (χ2v) is 6.95. The number of hydrogen-bond donors (Lipinski definition) is 1. The van der Waals surface area contributed by atoms with Crippen LogP contribution in [0.25, 0.3) is 0 Å². The molecule has 0 saturated heterocycles. The minimum absolute atomic E-state index is 0.180. The number of amides is 2. The third kappa shape index (κ3) is 4.25. The fraction of sp³-hybridized carbons (Fsp3) is 0.500. The van der Waals surface area contributed by atoms with Gasteiger partial charge < -0.3 is 4.90 Å². The molecular formula is C16H21N5OS. The molecule has 0 aliphatic heterocycles.